The van der Waals surface area contributed by atoms with Crippen LogP contribution in [0.4, 0.5) is 0 Å². The first kappa shape index (κ1) is 19.6. The molecule has 0 atom stereocenters. The normalized spacial score (nSPS) is 10.4. The Bertz CT molecular complexity index is 635. The smallest absolute Gasteiger partial charge is 0.341 e. The van der Waals surface area contributed by atoms with Gasteiger partial charge in [-0.05, 0) is 39.7 Å². The van der Waals surface area contributed by atoms with E-state index in [0.717, 1.165) is 0 Å². The number of methoxy groups -OCH3 is 1. The lowest BCUT2D eigenvalue weighted by Crippen LogP contribution is -2.39. The van der Waals surface area contributed by atoms with Crippen molar-refractivity contribution >= 4 is 39.9 Å². The second kappa shape index (κ2) is 10.3. The Kier molecular flexibility index (Phi) is 8.44. The summed E-state index contributed by atoms with van der Waals surface area (Å²) in [6.45, 7) is 0.0596. The van der Waals surface area contributed by atoms with E-state index >= 15 is 0 Å². The number of rotatable bonds is 8. The maximum Gasteiger partial charge on any atom is 0.341 e. The minimum atomic E-state index is -1.08. The van der Waals surface area contributed by atoms with Gasteiger partial charge in [0.05, 0.1) is 17.3 Å². The first-order valence-electron chi connectivity index (χ1n) is 6.68. The summed E-state index contributed by atoms with van der Waals surface area (Å²) in [5.41, 5.74) is 2.69. The molecular formula is C14H16BrN3O6. The van der Waals surface area contributed by atoms with E-state index in [4.69, 9.17) is 14.6 Å². The molecule has 0 heterocycles. The fourth-order valence-corrected chi connectivity index (χ4v) is 1.93. The highest BCUT2D eigenvalue weighted by molar-refractivity contribution is 9.10. The number of carboxylic acid groups (broad SMARTS) is 1. The zero-order valence-corrected chi connectivity index (χ0v) is 14.3. The summed E-state index contributed by atoms with van der Waals surface area (Å²) in [5, 5.41) is 14.6. The van der Waals surface area contributed by atoms with Crippen molar-refractivity contribution < 1.29 is 29.0 Å². The quantitative estimate of drug-likeness (QED) is 0.246. The van der Waals surface area contributed by atoms with E-state index in [9.17, 15) is 14.4 Å². The third-order valence-electron chi connectivity index (χ3n) is 2.48. The van der Waals surface area contributed by atoms with Gasteiger partial charge in [-0.3, -0.25) is 9.59 Å². The molecule has 0 bridgehead atoms. The zero-order chi connectivity index (χ0) is 17.9. The van der Waals surface area contributed by atoms with E-state index in [1.165, 1.54) is 13.3 Å². The molecule has 24 heavy (non-hydrogen) atoms. The lowest BCUT2D eigenvalue weighted by Gasteiger charge is -2.06. The minimum absolute atomic E-state index is 0.219. The van der Waals surface area contributed by atoms with Crippen LogP contribution in [0.3, 0.4) is 0 Å². The van der Waals surface area contributed by atoms with Gasteiger partial charge in [0.15, 0.2) is 6.61 Å². The number of aliphatic carboxylic acids is 1. The molecule has 130 valence electrons. The number of hydrogen-bond donors (Lipinski definition) is 3. The highest BCUT2D eigenvalue weighted by Gasteiger charge is 2.11. The van der Waals surface area contributed by atoms with E-state index in [2.05, 4.69) is 31.8 Å². The van der Waals surface area contributed by atoms with Crippen LogP contribution in [0.1, 0.15) is 5.56 Å². The summed E-state index contributed by atoms with van der Waals surface area (Å²) in [4.78, 5) is 33.2. The van der Waals surface area contributed by atoms with Crippen molar-refractivity contribution in [1.29, 1.82) is 0 Å². The van der Waals surface area contributed by atoms with E-state index in [1.807, 2.05) is 0 Å². The van der Waals surface area contributed by atoms with Gasteiger partial charge in [0.2, 0.25) is 0 Å². The van der Waals surface area contributed by atoms with Crippen LogP contribution in [-0.2, 0) is 19.1 Å². The lowest BCUT2D eigenvalue weighted by atomic mass is 10.2. The maximum atomic E-state index is 11.4. The molecular weight excluding hydrogens is 386 g/mol. The molecule has 1 rings (SSSR count). The average molecular weight is 402 g/mol. The molecule has 0 fully saturated rings. The van der Waals surface area contributed by atoms with Gasteiger partial charge in [-0.15, -0.1) is 0 Å². The Morgan fingerprint density at radius 1 is 1.33 bits per heavy atom. The highest BCUT2D eigenvalue weighted by atomic mass is 79.9. The zero-order valence-electron chi connectivity index (χ0n) is 12.7. The molecule has 2 amide bonds. The van der Waals surface area contributed by atoms with Crippen LogP contribution in [-0.4, -0.2) is 56.0 Å². The Hall–Kier alpha value is -2.46. The largest absolute Gasteiger partial charge is 0.481 e. The topological polar surface area (TPSA) is 126 Å². The number of ether oxygens (including phenoxy) is 2. The van der Waals surface area contributed by atoms with Gasteiger partial charge in [0.25, 0.3) is 0 Å². The van der Waals surface area contributed by atoms with Crippen molar-refractivity contribution in [1.82, 2.24) is 10.7 Å². The SMILES string of the molecule is COCCNC(=O)C(=O)N/N=C\c1ccc(OCC(=O)O)c(Br)c1. The molecule has 9 nitrogen and oxygen atoms in total. The molecule has 1 aromatic carbocycles. The standard InChI is InChI=1S/C14H16BrN3O6/c1-23-5-4-16-13(21)14(22)18-17-7-9-2-3-11(10(15)6-9)24-8-12(19)20/h2-3,6-7H,4-5,8H2,1H3,(H,16,21)(H,18,22)(H,19,20)/b17-7-. The van der Waals surface area contributed by atoms with Crippen molar-refractivity contribution in [3.63, 3.8) is 0 Å². The van der Waals surface area contributed by atoms with Crippen LogP contribution >= 0.6 is 15.9 Å². The van der Waals surface area contributed by atoms with Gasteiger partial charge in [0.1, 0.15) is 5.75 Å². The van der Waals surface area contributed by atoms with Gasteiger partial charge >= 0.3 is 17.8 Å². The number of carboxylic acids is 1. The molecule has 0 unspecified atom stereocenters. The predicted octanol–water partition coefficient (Wildman–Crippen LogP) is 0.125. The summed E-state index contributed by atoms with van der Waals surface area (Å²) in [7, 11) is 1.48. The average Bonchev–Trinajstić information content (AvgIpc) is 2.53. The van der Waals surface area contributed by atoms with Crippen LogP contribution in [0.15, 0.2) is 27.8 Å². The van der Waals surface area contributed by atoms with E-state index in [1.54, 1.807) is 18.2 Å². The number of carbonyl (C=O) groups excluding carboxylic acids is 2. The summed E-state index contributed by atoms with van der Waals surface area (Å²) < 4.78 is 10.3. The molecule has 0 aromatic heterocycles. The first-order valence-corrected chi connectivity index (χ1v) is 7.47. The third kappa shape index (κ3) is 7.20. The van der Waals surface area contributed by atoms with Gasteiger partial charge in [0, 0.05) is 13.7 Å². The van der Waals surface area contributed by atoms with Crippen LogP contribution in [0.25, 0.3) is 0 Å². The minimum Gasteiger partial charge on any atom is -0.481 e. The fourth-order valence-electron chi connectivity index (χ4n) is 1.42. The van der Waals surface area contributed by atoms with Crippen molar-refractivity contribution in [2.45, 2.75) is 0 Å². The summed E-state index contributed by atoms with van der Waals surface area (Å²) in [6, 6.07) is 4.77. The summed E-state index contributed by atoms with van der Waals surface area (Å²) in [6.07, 6.45) is 1.33. The van der Waals surface area contributed by atoms with Crippen molar-refractivity contribution in [3.8, 4) is 5.75 Å². The molecule has 0 saturated carbocycles. The molecule has 0 saturated heterocycles. The van der Waals surface area contributed by atoms with Crippen LogP contribution < -0.4 is 15.5 Å². The number of carbonyl (C=O) groups is 3. The second-order valence-corrected chi connectivity index (χ2v) is 5.17. The van der Waals surface area contributed by atoms with Crippen molar-refractivity contribution in [2.24, 2.45) is 5.10 Å². The Morgan fingerprint density at radius 2 is 2.08 bits per heavy atom. The predicted molar refractivity (Wildman–Crippen MR) is 87.9 cm³/mol. The van der Waals surface area contributed by atoms with Gasteiger partial charge < -0.3 is 19.9 Å². The second-order valence-electron chi connectivity index (χ2n) is 4.32. The van der Waals surface area contributed by atoms with Crippen molar-refractivity contribution in [3.05, 3.63) is 28.2 Å². The molecule has 3 N–H and O–H groups in total. The van der Waals surface area contributed by atoms with E-state index < -0.39 is 24.4 Å². The monoisotopic (exact) mass is 401 g/mol. The molecule has 1 aromatic rings. The number of nitrogens with zero attached hydrogens (tertiary/aromatic N) is 1. The Morgan fingerprint density at radius 3 is 2.71 bits per heavy atom. The molecule has 10 heteroatoms. The number of amides is 2. The molecule has 0 radical (unpaired) electrons. The van der Waals surface area contributed by atoms with E-state index in [0.29, 0.717) is 22.4 Å². The van der Waals surface area contributed by atoms with Crippen LogP contribution in [0.2, 0.25) is 0 Å². The molecule has 0 aliphatic carbocycles. The summed E-state index contributed by atoms with van der Waals surface area (Å²) in [5.74, 6) is -2.44. The number of halogens is 1. The third-order valence-corrected chi connectivity index (χ3v) is 3.10. The van der Waals surface area contributed by atoms with Crippen LogP contribution in [0.5, 0.6) is 5.75 Å². The molecule has 0 aliphatic rings. The van der Waals surface area contributed by atoms with Gasteiger partial charge in [-0.25, -0.2) is 10.2 Å². The Labute approximate surface area is 146 Å². The lowest BCUT2D eigenvalue weighted by molar-refractivity contribution is -0.139. The summed E-state index contributed by atoms with van der Waals surface area (Å²) >= 11 is 3.23. The van der Waals surface area contributed by atoms with Gasteiger partial charge in [-0.1, -0.05) is 0 Å². The van der Waals surface area contributed by atoms with Crippen LogP contribution in [0, 0.1) is 0 Å². The fraction of sp³-hybridized carbons (Fsp3) is 0.286. The number of benzene rings is 1. The maximum absolute atomic E-state index is 11.4. The number of nitrogens with one attached hydrogen (secondary N) is 2. The Balaban J connectivity index is 2.52. The highest BCUT2D eigenvalue weighted by Crippen LogP contribution is 2.25. The van der Waals surface area contributed by atoms with Crippen molar-refractivity contribution in [2.75, 3.05) is 26.9 Å². The van der Waals surface area contributed by atoms with E-state index in [-0.39, 0.29) is 6.54 Å². The number of hydrazone groups is 1. The van der Waals surface area contributed by atoms with Gasteiger partial charge in [-0.2, -0.15) is 5.10 Å². The first-order chi connectivity index (χ1) is 11.4. The molecule has 0 spiro atoms. The number of hydrogen-bond acceptors (Lipinski definition) is 6. The molecule has 0 aliphatic heterocycles.